The maximum absolute atomic E-state index is 12.6. The van der Waals surface area contributed by atoms with Crippen LogP contribution in [0.15, 0.2) is 54.6 Å². The number of likely N-dealkylation sites (tertiary alicyclic amines) is 1. The molecule has 1 aliphatic rings. The van der Waals surface area contributed by atoms with Gasteiger partial charge in [-0.1, -0.05) is 29.8 Å². The maximum atomic E-state index is 12.6. The highest BCUT2D eigenvalue weighted by Crippen LogP contribution is 2.20. The van der Waals surface area contributed by atoms with E-state index in [2.05, 4.69) is 10.6 Å². The molecule has 1 atom stereocenters. The average Bonchev–Trinajstić information content (AvgIpc) is 3.21. The molecule has 0 bridgehead atoms. The molecule has 1 saturated heterocycles. The van der Waals surface area contributed by atoms with Crippen LogP contribution >= 0.6 is 11.6 Å². The highest BCUT2D eigenvalue weighted by atomic mass is 35.5. The normalized spacial score (nSPS) is 15.9. The van der Waals surface area contributed by atoms with Crippen LogP contribution in [0.1, 0.15) is 33.6 Å². The van der Waals surface area contributed by atoms with Gasteiger partial charge in [0.2, 0.25) is 5.91 Å². The number of rotatable bonds is 6. The van der Waals surface area contributed by atoms with Crippen LogP contribution in [0.25, 0.3) is 0 Å². The molecule has 0 radical (unpaired) electrons. The fourth-order valence-corrected chi connectivity index (χ4v) is 3.34. The number of benzene rings is 2. The van der Waals surface area contributed by atoms with Gasteiger partial charge in [0, 0.05) is 35.8 Å². The quantitative estimate of drug-likeness (QED) is 0.732. The van der Waals surface area contributed by atoms with Gasteiger partial charge in [-0.3, -0.25) is 14.4 Å². The second-order valence-corrected chi connectivity index (χ2v) is 7.01. The Kier molecular flexibility index (Phi) is 6.66. The second-order valence-electron chi connectivity index (χ2n) is 6.58. The second kappa shape index (κ2) is 9.37. The maximum Gasteiger partial charge on any atom is 0.254 e. The van der Waals surface area contributed by atoms with E-state index in [4.69, 9.17) is 11.6 Å². The lowest BCUT2D eigenvalue weighted by Crippen LogP contribution is -2.47. The van der Waals surface area contributed by atoms with E-state index in [0.717, 1.165) is 6.42 Å². The van der Waals surface area contributed by atoms with Crippen molar-refractivity contribution in [2.75, 3.05) is 19.6 Å². The van der Waals surface area contributed by atoms with Crippen molar-refractivity contribution in [3.63, 3.8) is 0 Å². The van der Waals surface area contributed by atoms with Crippen molar-refractivity contribution in [2.24, 2.45) is 0 Å². The van der Waals surface area contributed by atoms with Gasteiger partial charge in [0.15, 0.2) is 0 Å². The van der Waals surface area contributed by atoms with Gasteiger partial charge in [-0.25, -0.2) is 0 Å². The lowest BCUT2D eigenvalue weighted by molar-refractivity contribution is -0.124. The van der Waals surface area contributed by atoms with E-state index < -0.39 is 6.04 Å². The van der Waals surface area contributed by atoms with Gasteiger partial charge in [0.05, 0.1) is 0 Å². The minimum atomic E-state index is -0.473. The van der Waals surface area contributed by atoms with Crippen molar-refractivity contribution in [1.29, 1.82) is 0 Å². The lowest BCUT2D eigenvalue weighted by atomic mass is 10.1. The first-order valence-electron chi connectivity index (χ1n) is 9.24. The average molecular weight is 400 g/mol. The summed E-state index contributed by atoms with van der Waals surface area (Å²) in [6.45, 7) is 1.16. The Labute approximate surface area is 168 Å². The Balaban J connectivity index is 1.47. The van der Waals surface area contributed by atoms with E-state index in [0.29, 0.717) is 42.2 Å². The van der Waals surface area contributed by atoms with E-state index in [-0.39, 0.29) is 17.7 Å². The first-order chi connectivity index (χ1) is 13.6. The zero-order chi connectivity index (χ0) is 19.9. The Morgan fingerprint density at radius 3 is 2.32 bits per heavy atom. The van der Waals surface area contributed by atoms with E-state index in [9.17, 15) is 14.4 Å². The van der Waals surface area contributed by atoms with Gasteiger partial charge in [-0.15, -0.1) is 0 Å². The summed E-state index contributed by atoms with van der Waals surface area (Å²) in [5.41, 5.74) is 1.09. The van der Waals surface area contributed by atoms with Crippen molar-refractivity contribution >= 4 is 29.3 Å². The summed E-state index contributed by atoms with van der Waals surface area (Å²) in [4.78, 5) is 38.8. The molecule has 0 saturated carbocycles. The zero-order valence-electron chi connectivity index (χ0n) is 15.4. The van der Waals surface area contributed by atoms with Gasteiger partial charge in [-0.2, -0.15) is 0 Å². The third kappa shape index (κ3) is 4.89. The first-order valence-corrected chi connectivity index (χ1v) is 9.61. The van der Waals surface area contributed by atoms with Crippen LogP contribution in [0.4, 0.5) is 0 Å². The molecule has 1 heterocycles. The summed E-state index contributed by atoms with van der Waals surface area (Å²) in [6.07, 6.45) is 1.44. The SMILES string of the molecule is O=C(NCCNC(=O)[C@@H]1CCCN1C(=O)c1ccccc1)c1ccc(Cl)cc1. The fraction of sp³-hybridized carbons (Fsp3) is 0.286. The molecule has 0 spiro atoms. The fourth-order valence-electron chi connectivity index (χ4n) is 3.21. The monoisotopic (exact) mass is 399 g/mol. The smallest absolute Gasteiger partial charge is 0.254 e. The minimum Gasteiger partial charge on any atom is -0.353 e. The van der Waals surface area contributed by atoms with Crippen LogP contribution in [0.2, 0.25) is 5.02 Å². The molecule has 146 valence electrons. The summed E-state index contributed by atoms with van der Waals surface area (Å²) < 4.78 is 0. The van der Waals surface area contributed by atoms with Crippen molar-refractivity contribution in [3.05, 3.63) is 70.7 Å². The van der Waals surface area contributed by atoms with Gasteiger partial charge in [-0.05, 0) is 49.2 Å². The molecule has 2 aromatic rings. The molecule has 6 nitrogen and oxygen atoms in total. The number of amides is 3. The van der Waals surface area contributed by atoms with E-state index >= 15 is 0 Å². The molecule has 2 N–H and O–H groups in total. The van der Waals surface area contributed by atoms with E-state index in [1.54, 1.807) is 41.3 Å². The number of carbonyl (C=O) groups excluding carboxylic acids is 3. The molecule has 7 heteroatoms. The predicted octanol–water partition coefficient (Wildman–Crippen LogP) is 2.49. The Hall–Kier alpha value is -2.86. The number of carbonyl (C=O) groups is 3. The summed E-state index contributed by atoms with van der Waals surface area (Å²) >= 11 is 5.81. The topological polar surface area (TPSA) is 78.5 Å². The Bertz CT molecular complexity index is 840. The van der Waals surface area contributed by atoms with Crippen LogP contribution < -0.4 is 10.6 Å². The largest absolute Gasteiger partial charge is 0.353 e. The molecule has 2 aromatic carbocycles. The highest BCUT2D eigenvalue weighted by Gasteiger charge is 2.34. The predicted molar refractivity (Wildman–Crippen MR) is 107 cm³/mol. The molecule has 0 unspecified atom stereocenters. The third-order valence-corrected chi connectivity index (χ3v) is 4.91. The molecule has 0 aliphatic carbocycles. The molecular weight excluding hydrogens is 378 g/mol. The number of hydrogen-bond donors (Lipinski definition) is 2. The van der Waals surface area contributed by atoms with E-state index in [1.165, 1.54) is 0 Å². The van der Waals surface area contributed by atoms with Gasteiger partial charge < -0.3 is 15.5 Å². The standard InChI is InChI=1S/C21H22ClN3O3/c22-17-10-8-15(9-11-17)19(26)23-12-13-24-20(27)18-7-4-14-25(18)21(28)16-5-2-1-3-6-16/h1-3,5-6,8-11,18H,4,7,12-14H2,(H,23,26)(H,24,27)/t18-/m0/s1. The number of halogens is 1. The van der Waals surface area contributed by atoms with Gasteiger partial charge in [0.25, 0.3) is 11.8 Å². The first kappa shape index (κ1) is 19.9. The van der Waals surface area contributed by atoms with E-state index in [1.807, 2.05) is 18.2 Å². The molecule has 28 heavy (non-hydrogen) atoms. The summed E-state index contributed by atoms with van der Waals surface area (Å²) in [7, 11) is 0. The third-order valence-electron chi connectivity index (χ3n) is 4.65. The number of nitrogens with zero attached hydrogens (tertiary/aromatic N) is 1. The van der Waals surface area contributed by atoms with Crippen molar-refractivity contribution in [2.45, 2.75) is 18.9 Å². The molecule has 0 aromatic heterocycles. The molecule has 1 fully saturated rings. The van der Waals surface area contributed by atoms with Gasteiger partial charge >= 0.3 is 0 Å². The summed E-state index contributed by atoms with van der Waals surface area (Å²) in [5.74, 6) is -0.551. The highest BCUT2D eigenvalue weighted by molar-refractivity contribution is 6.30. The molecular formula is C21H22ClN3O3. The van der Waals surface area contributed by atoms with Crippen LogP contribution in [0.3, 0.4) is 0 Å². The van der Waals surface area contributed by atoms with Crippen molar-refractivity contribution in [1.82, 2.24) is 15.5 Å². The molecule has 3 rings (SSSR count). The zero-order valence-corrected chi connectivity index (χ0v) is 16.1. The van der Waals surface area contributed by atoms with Crippen LogP contribution in [0, 0.1) is 0 Å². The van der Waals surface area contributed by atoms with Gasteiger partial charge in [0.1, 0.15) is 6.04 Å². The van der Waals surface area contributed by atoms with Crippen LogP contribution in [-0.4, -0.2) is 48.3 Å². The molecule has 1 aliphatic heterocycles. The Morgan fingerprint density at radius 1 is 0.929 bits per heavy atom. The van der Waals surface area contributed by atoms with Crippen LogP contribution in [-0.2, 0) is 4.79 Å². The lowest BCUT2D eigenvalue weighted by Gasteiger charge is -2.24. The minimum absolute atomic E-state index is 0.130. The van der Waals surface area contributed by atoms with Crippen molar-refractivity contribution in [3.8, 4) is 0 Å². The van der Waals surface area contributed by atoms with Crippen LogP contribution in [0.5, 0.6) is 0 Å². The number of nitrogens with one attached hydrogen (secondary N) is 2. The Morgan fingerprint density at radius 2 is 1.61 bits per heavy atom. The van der Waals surface area contributed by atoms with Crippen molar-refractivity contribution < 1.29 is 14.4 Å². The number of hydrogen-bond acceptors (Lipinski definition) is 3. The summed E-state index contributed by atoms with van der Waals surface area (Å²) in [5, 5.41) is 6.12. The molecule has 3 amide bonds. The summed E-state index contributed by atoms with van der Waals surface area (Å²) in [6, 6.07) is 15.1.